The van der Waals surface area contributed by atoms with E-state index in [0.29, 0.717) is 0 Å². The van der Waals surface area contributed by atoms with Gasteiger partial charge in [-0.2, -0.15) is 0 Å². The van der Waals surface area contributed by atoms with Gasteiger partial charge in [0, 0.05) is 32.7 Å². The predicted octanol–water partition coefficient (Wildman–Crippen LogP) is 15.6. The van der Waals surface area contributed by atoms with Crippen molar-refractivity contribution in [3.63, 3.8) is 0 Å². The van der Waals surface area contributed by atoms with Crippen molar-refractivity contribution in [2.45, 2.75) is 10.8 Å². The van der Waals surface area contributed by atoms with Crippen LogP contribution in [0.5, 0.6) is 0 Å². The lowest BCUT2D eigenvalue weighted by Gasteiger charge is -2.30. The van der Waals surface area contributed by atoms with Crippen LogP contribution in [0.3, 0.4) is 0 Å². The van der Waals surface area contributed by atoms with Gasteiger partial charge in [0.2, 0.25) is 0 Å². The van der Waals surface area contributed by atoms with Crippen molar-refractivity contribution < 1.29 is 0 Å². The van der Waals surface area contributed by atoms with Crippen LogP contribution in [0.4, 0.5) is 0 Å². The van der Waals surface area contributed by atoms with Crippen LogP contribution in [-0.2, 0) is 10.8 Å². The summed E-state index contributed by atoms with van der Waals surface area (Å²) in [6, 6.07) is 79.4. The summed E-state index contributed by atoms with van der Waals surface area (Å²) in [5, 5.41) is 4.84. The summed E-state index contributed by atoms with van der Waals surface area (Å²) in [5.41, 5.74) is 27.9. The van der Waals surface area contributed by atoms with E-state index in [1.165, 1.54) is 116 Å². The fraction of sp³-hybridized carbons (Fsp3) is 0.0303. The Kier molecular flexibility index (Phi) is 6.58. The Balaban J connectivity index is 0.852. The molecule has 0 saturated carbocycles. The van der Waals surface area contributed by atoms with Gasteiger partial charge in [-0.25, -0.2) is 0 Å². The third-order valence-electron chi connectivity index (χ3n) is 16.7. The second-order valence-electron chi connectivity index (χ2n) is 19.4. The van der Waals surface area contributed by atoms with Gasteiger partial charge in [-0.3, -0.25) is 9.97 Å². The third kappa shape index (κ3) is 4.08. The number of hydrogen-bond acceptors (Lipinski definition) is 2. The summed E-state index contributed by atoms with van der Waals surface area (Å²) in [6.45, 7) is 0. The minimum atomic E-state index is -0.404. The SMILES string of the molecule is c1ccc2c(c1)-c1ccccc1C21c2ccccc2-c2c(-c3cc4c5cccc6c7cc(-c8cccc9c8-c8ccccc8C98c9ccccc9-c9ccccc98)ncc7n(c4cn3)c56)cccc21. The van der Waals surface area contributed by atoms with Gasteiger partial charge in [0.25, 0.3) is 0 Å². The number of hydrogen-bond donors (Lipinski definition) is 0. The first-order valence-corrected chi connectivity index (χ1v) is 24.1. The van der Waals surface area contributed by atoms with Crippen LogP contribution in [-0.4, -0.2) is 14.4 Å². The summed E-state index contributed by atoms with van der Waals surface area (Å²) in [6.07, 6.45) is 4.21. The second kappa shape index (κ2) is 12.5. The van der Waals surface area contributed by atoms with Gasteiger partial charge >= 0.3 is 0 Å². The molecule has 4 heterocycles. The fourth-order valence-electron chi connectivity index (χ4n) is 14.3. The molecule has 0 bridgehead atoms. The molecule has 0 radical (unpaired) electrons. The van der Waals surface area contributed by atoms with E-state index in [1.54, 1.807) is 0 Å². The maximum absolute atomic E-state index is 5.38. The third-order valence-corrected chi connectivity index (χ3v) is 16.7. The summed E-state index contributed by atoms with van der Waals surface area (Å²) in [7, 11) is 0. The van der Waals surface area contributed by atoms with Gasteiger partial charge in [-0.15, -0.1) is 0 Å². The van der Waals surface area contributed by atoms with E-state index < -0.39 is 10.8 Å². The largest absolute Gasteiger partial charge is 0.305 e. The Hall–Kier alpha value is -8.92. The molecule has 2 spiro atoms. The van der Waals surface area contributed by atoms with E-state index in [1.807, 2.05) is 0 Å². The van der Waals surface area contributed by atoms with Crippen molar-refractivity contribution in [1.29, 1.82) is 0 Å². The second-order valence-corrected chi connectivity index (χ2v) is 19.4. The molecule has 0 amide bonds. The summed E-state index contributed by atoms with van der Waals surface area (Å²) < 4.78 is 2.40. The van der Waals surface area contributed by atoms with Crippen LogP contribution in [0.25, 0.3) is 105 Å². The van der Waals surface area contributed by atoms with Crippen LogP contribution in [0, 0.1) is 0 Å². The quantitative estimate of drug-likeness (QED) is 0.173. The van der Waals surface area contributed by atoms with E-state index in [4.69, 9.17) is 9.97 Å². The van der Waals surface area contributed by atoms with E-state index in [2.05, 4.69) is 229 Å². The number of para-hydroxylation sites is 1. The molecule has 13 aromatic rings. The van der Waals surface area contributed by atoms with Crippen LogP contribution in [0.2, 0.25) is 0 Å². The van der Waals surface area contributed by atoms with Crippen molar-refractivity contribution in [3.8, 4) is 67.0 Å². The molecule has 9 aromatic carbocycles. The maximum Gasteiger partial charge on any atom is 0.0726 e. The number of pyridine rings is 2. The summed E-state index contributed by atoms with van der Waals surface area (Å²) in [5.74, 6) is 0. The zero-order chi connectivity index (χ0) is 44.7. The topological polar surface area (TPSA) is 30.2 Å². The van der Waals surface area contributed by atoms with E-state index in [-0.39, 0.29) is 0 Å². The highest BCUT2D eigenvalue weighted by Gasteiger charge is 2.53. The van der Waals surface area contributed by atoms with Gasteiger partial charge in [-0.1, -0.05) is 200 Å². The molecule has 4 aromatic heterocycles. The number of nitrogens with zero attached hydrogens (tertiary/aromatic N) is 3. The lowest BCUT2D eigenvalue weighted by atomic mass is 9.70. The molecule has 3 heteroatoms. The monoisotopic (exact) mass is 871 g/mol. The molecule has 0 saturated heterocycles. The minimum Gasteiger partial charge on any atom is -0.305 e. The number of benzene rings is 9. The zero-order valence-electron chi connectivity index (χ0n) is 37.2. The van der Waals surface area contributed by atoms with Gasteiger partial charge in [0.05, 0.1) is 51.2 Å². The Morgan fingerprint density at radius 3 is 0.971 bits per heavy atom. The van der Waals surface area contributed by atoms with Gasteiger partial charge in [0.1, 0.15) is 0 Å². The Labute approximate surface area is 397 Å². The van der Waals surface area contributed by atoms with Crippen molar-refractivity contribution in [3.05, 3.63) is 269 Å². The summed E-state index contributed by atoms with van der Waals surface area (Å²) >= 11 is 0. The molecule has 0 fully saturated rings. The molecule has 4 aliphatic rings. The lowest BCUT2D eigenvalue weighted by Crippen LogP contribution is -2.25. The number of fused-ring (bicyclic) bond motifs is 26. The van der Waals surface area contributed by atoms with E-state index >= 15 is 0 Å². The highest BCUT2D eigenvalue weighted by molar-refractivity contribution is 6.24. The van der Waals surface area contributed by atoms with Crippen molar-refractivity contribution in [2.24, 2.45) is 0 Å². The molecular formula is C66H37N3. The molecular weight excluding hydrogens is 835 g/mol. The molecule has 316 valence electrons. The lowest BCUT2D eigenvalue weighted by molar-refractivity contribution is 0.794. The summed E-state index contributed by atoms with van der Waals surface area (Å²) in [4.78, 5) is 10.8. The Morgan fingerprint density at radius 1 is 0.275 bits per heavy atom. The van der Waals surface area contributed by atoms with Crippen molar-refractivity contribution in [2.75, 3.05) is 0 Å². The van der Waals surface area contributed by atoms with Crippen LogP contribution >= 0.6 is 0 Å². The van der Waals surface area contributed by atoms with E-state index in [9.17, 15) is 0 Å². The van der Waals surface area contributed by atoms with Crippen LogP contribution < -0.4 is 0 Å². The smallest absolute Gasteiger partial charge is 0.0726 e. The van der Waals surface area contributed by atoms with Gasteiger partial charge in [0.15, 0.2) is 0 Å². The number of rotatable bonds is 2. The minimum absolute atomic E-state index is 0.404. The average molecular weight is 872 g/mol. The van der Waals surface area contributed by atoms with Gasteiger partial charge in [-0.05, 0) is 101 Å². The molecule has 0 unspecified atom stereocenters. The highest BCUT2D eigenvalue weighted by atomic mass is 14.9. The fourth-order valence-corrected chi connectivity index (χ4v) is 14.3. The predicted molar refractivity (Wildman–Crippen MR) is 280 cm³/mol. The van der Waals surface area contributed by atoms with Gasteiger partial charge < -0.3 is 4.40 Å². The standard InChI is InChI=1S/C66H37N3/c1-7-26-50-38(16-1)39-17-2-8-27-51(39)65(50)54-30-11-5-20-44(54)62-46(24-14-32-56(62)65)58-34-48-42-22-13-23-43-49-35-59(68-37-61(49)69(64(42)43)60(48)36-67-58)47-25-15-33-57-63(47)45-21-6-12-31-55(45)66(57)52-28-9-3-18-40(52)41-19-4-10-29-53(41)66/h1-37H. The van der Waals surface area contributed by atoms with Crippen LogP contribution in [0.15, 0.2) is 225 Å². The van der Waals surface area contributed by atoms with Crippen LogP contribution in [0.1, 0.15) is 44.5 Å². The van der Waals surface area contributed by atoms with Crippen molar-refractivity contribution in [1.82, 2.24) is 14.4 Å². The van der Waals surface area contributed by atoms with E-state index in [0.717, 1.165) is 33.5 Å². The molecule has 3 nitrogen and oxygen atoms in total. The molecule has 69 heavy (non-hydrogen) atoms. The molecule has 0 N–H and O–H groups in total. The molecule has 4 aliphatic carbocycles. The average Bonchev–Trinajstić information content (AvgIpc) is 4.24. The highest BCUT2D eigenvalue weighted by Crippen LogP contribution is 2.66. The maximum atomic E-state index is 5.38. The Morgan fingerprint density at radius 2 is 0.580 bits per heavy atom. The van der Waals surface area contributed by atoms with Crippen molar-refractivity contribution >= 4 is 38.1 Å². The first-order valence-electron chi connectivity index (χ1n) is 24.1. The first kappa shape index (κ1) is 36.2. The zero-order valence-corrected chi connectivity index (χ0v) is 37.2. The normalized spacial score (nSPS) is 14.6. The number of aromatic nitrogens is 3. The molecule has 0 atom stereocenters. The first-order chi connectivity index (χ1) is 34.3. The Bertz CT molecular complexity index is 4080. The molecule has 0 aliphatic heterocycles. The molecule has 17 rings (SSSR count).